The van der Waals surface area contributed by atoms with E-state index in [2.05, 4.69) is 17.2 Å². The molecule has 4 heteroatoms. The number of esters is 1. The molecular formula is C13H20N2O2. The Morgan fingerprint density at radius 2 is 2.06 bits per heavy atom. The van der Waals surface area contributed by atoms with E-state index in [1.165, 1.54) is 0 Å². The number of ether oxygens (including phenoxy) is 1. The number of hydrogen-bond acceptors (Lipinski definition) is 4. The van der Waals surface area contributed by atoms with Crippen LogP contribution in [0.25, 0.3) is 0 Å². The molecule has 94 valence electrons. The molecule has 0 aliphatic heterocycles. The van der Waals surface area contributed by atoms with E-state index in [4.69, 9.17) is 4.74 Å². The summed E-state index contributed by atoms with van der Waals surface area (Å²) in [6.45, 7) is 7.41. The molecule has 0 spiro atoms. The van der Waals surface area contributed by atoms with E-state index in [-0.39, 0.29) is 11.5 Å². The van der Waals surface area contributed by atoms with Crippen LogP contribution in [-0.2, 0) is 4.74 Å². The lowest BCUT2D eigenvalue weighted by Crippen LogP contribution is -2.44. The van der Waals surface area contributed by atoms with Crippen molar-refractivity contribution in [2.24, 2.45) is 0 Å². The maximum atomic E-state index is 11.7. The van der Waals surface area contributed by atoms with Gasteiger partial charge in [-0.25, -0.2) is 4.79 Å². The second kappa shape index (κ2) is 6.35. The van der Waals surface area contributed by atoms with Gasteiger partial charge in [-0.2, -0.15) is 0 Å². The molecule has 1 aromatic rings. The molecule has 0 saturated carbocycles. The highest BCUT2D eigenvalue weighted by Crippen LogP contribution is 2.06. The van der Waals surface area contributed by atoms with E-state index >= 15 is 0 Å². The number of rotatable bonds is 6. The van der Waals surface area contributed by atoms with Crippen molar-refractivity contribution < 1.29 is 9.53 Å². The van der Waals surface area contributed by atoms with Gasteiger partial charge in [0.2, 0.25) is 0 Å². The van der Waals surface area contributed by atoms with Crippen molar-refractivity contribution in [3.63, 3.8) is 0 Å². The number of pyridine rings is 1. The van der Waals surface area contributed by atoms with Gasteiger partial charge >= 0.3 is 5.97 Å². The van der Waals surface area contributed by atoms with Crippen LogP contribution in [0.1, 0.15) is 37.6 Å². The van der Waals surface area contributed by atoms with E-state index in [0.29, 0.717) is 12.2 Å². The lowest BCUT2D eigenvalue weighted by atomic mass is 10.1. The summed E-state index contributed by atoms with van der Waals surface area (Å²) >= 11 is 0. The molecule has 0 fully saturated rings. The van der Waals surface area contributed by atoms with Crippen LogP contribution in [0, 0.1) is 0 Å². The van der Waals surface area contributed by atoms with Crippen molar-refractivity contribution in [1.29, 1.82) is 0 Å². The highest BCUT2D eigenvalue weighted by atomic mass is 16.5. The Balaban J connectivity index is 2.43. The molecule has 0 amide bonds. The van der Waals surface area contributed by atoms with Gasteiger partial charge in [0, 0.05) is 17.9 Å². The molecule has 0 unspecified atom stereocenters. The first kappa shape index (κ1) is 13.6. The Morgan fingerprint density at radius 1 is 1.41 bits per heavy atom. The molecule has 0 aliphatic rings. The minimum atomic E-state index is -0.307. The molecule has 0 aliphatic carbocycles. The van der Waals surface area contributed by atoms with E-state index < -0.39 is 0 Å². The zero-order chi connectivity index (χ0) is 12.7. The molecule has 0 aromatic carbocycles. The lowest BCUT2D eigenvalue weighted by Gasteiger charge is -2.25. The summed E-state index contributed by atoms with van der Waals surface area (Å²) in [6, 6.07) is 3.30. The summed E-state index contributed by atoms with van der Waals surface area (Å²) in [5, 5.41) is 3.33. The van der Waals surface area contributed by atoms with E-state index in [0.717, 1.165) is 13.0 Å². The third kappa shape index (κ3) is 4.95. The summed E-state index contributed by atoms with van der Waals surface area (Å²) in [7, 11) is 0. The second-order valence-electron chi connectivity index (χ2n) is 4.62. The summed E-state index contributed by atoms with van der Waals surface area (Å²) in [5.41, 5.74) is 0.338. The third-order valence-electron chi connectivity index (χ3n) is 2.33. The van der Waals surface area contributed by atoms with Gasteiger partial charge in [0.1, 0.15) is 6.61 Å². The summed E-state index contributed by atoms with van der Waals surface area (Å²) in [5.74, 6) is -0.307. The van der Waals surface area contributed by atoms with Crippen molar-refractivity contribution >= 4 is 5.97 Å². The monoisotopic (exact) mass is 236 g/mol. The van der Waals surface area contributed by atoms with Gasteiger partial charge in [-0.05, 0) is 38.9 Å². The summed E-state index contributed by atoms with van der Waals surface area (Å²) in [6.07, 6.45) is 4.22. The average molecular weight is 236 g/mol. The zero-order valence-electron chi connectivity index (χ0n) is 10.7. The van der Waals surface area contributed by atoms with Crippen molar-refractivity contribution in [3.05, 3.63) is 30.1 Å². The number of nitrogens with one attached hydrogen (secondary N) is 1. The highest BCUT2D eigenvalue weighted by molar-refractivity contribution is 5.89. The topological polar surface area (TPSA) is 51.2 Å². The van der Waals surface area contributed by atoms with Gasteiger partial charge < -0.3 is 10.1 Å². The normalized spacial score (nSPS) is 11.2. The molecule has 1 heterocycles. The number of aromatic nitrogens is 1. The Bertz CT molecular complexity index is 350. The Labute approximate surface area is 102 Å². The molecule has 0 radical (unpaired) electrons. The van der Waals surface area contributed by atoms with Crippen LogP contribution in [0.5, 0.6) is 0 Å². The molecule has 1 N–H and O–H groups in total. The number of hydrogen-bond donors (Lipinski definition) is 1. The van der Waals surface area contributed by atoms with Crippen molar-refractivity contribution in [1.82, 2.24) is 10.3 Å². The van der Waals surface area contributed by atoms with E-state index in [9.17, 15) is 4.79 Å². The molecule has 0 bridgehead atoms. The predicted molar refractivity (Wildman–Crippen MR) is 66.9 cm³/mol. The fourth-order valence-electron chi connectivity index (χ4n) is 1.33. The molecule has 0 saturated heterocycles. The smallest absolute Gasteiger partial charge is 0.338 e. The number of carbonyl (C=O) groups is 1. The lowest BCUT2D eigenvalue weighted by molar-refractivity contribution is 0.0401. The largest absolute Gasteiger partial charge is 0.460 e. The first-order chi connectivity index (χ1) is 8.05. The van der Waals surface area contributed by atoms with Crippen molar-refractivity contribution in [2.45, 2.75) is 32.7 Å². The predicted octanol–water partition coefficient (Wildman–Crippen LogP) is 2.02. The van der Waals surface area contributed by atoms with Gasteiger partial charge in [-0.1, -0.05) is 6.92 Å². The van der Waals surface area contributed by atoms with Gasteiger partial charge in [-0.3, -0.25) is 4.98 Å². The summed E-state index contributed by atoms with van der Waals surface area (Å²) < 4.78 is 5.26. The van der Waals surface area contributed by atoms with E-state index in [1.54, 1.807) is 24.5 Å². The maximum Gasteiger partial charge on any atom is 0.338 e. The Morgan fingerprint density at radius 3 is 2.65 bits per heavy atom. The van der Waals surface area contributed by atoms with Crippen LogP contribution in [0.3, 0.4) is 0 Å². The fourth-order valence-corrected chi connectivity index (χ4v) is 1.33. The van der Waals surface area contributed by atoms with Gasteiger partial charge in [-0.15, -0.1) is 0 Å². The number of nitrogens with zero attached hydrogens (tertiary/aromatic N) is 1. The third-order valence-corrected chi connectivity index (χ3v) is 2.33. The van der Waals surface area contributed by atoms with Crippen LogP contribution >= 0.6 is 0 Å². The first-order valence-corrected chi connectivity index (χ1v) is 5.87. The van der Waals surface area contributed by atoms with Crippen LogP contribution in [0.2, 0.25) is 0 Å². The molecule has 17 heavy (non-hydrogen) atoms. The molecule has 0 atom stereocenters. The van der Waals surface area contributed by atoms with Gasteiger partial charge in [0.15, 0.2) is 0 Å². The molecular weight excluding hydrogens is 216 g/mol. The van der Waals surface area contributed by atoms with Crippen LogP contribution < -0.4 is 5.32 Å². The zero-order valence-corrected chi connectivity index (χ0v) is 10.7. The standard InChI is InChI=1S/C13H20N2O2/c1-4-7-15-13(2,3)10-17-12(16)11-5-8-14-9-6-11/h5-6,8-9,15H,4,7,10H2,1-3H3. The first-order valence-electron chi connectivity index (χ1n) is 5.87. The molecule has 1 rings (SSSR count). The second-order valence-corrected chi connectivity index (χ2v) is 4.62. The van der Waals surface area contributed by atoms with Gasteiger partial charge in [0.25, 0.3) is 0 Å². The van der Waals surface area contributed by atoms with Crippen molar-refractivity contribution in [3.8, 4) is 0 Å². The minimum Gasteiger partial charge on any atom is -0.460 e. The van der Waals surface area contributed by atoms with Crippen LogP contribution in [-0.4, -0.2) is 29.6 Å². The van der Waals surface area contributed by atoms with Crippen LogP contribution in [0.4, 0.5) is 0 Å². The van der Waals surface area contributed by atoms with Crippen LogP contribution in [0.15, 0.2) is 24.5 Å². The molecule has 4 nitrogen and oxygen atoms in total. The van der Waals surface area contributed by atoms with Crippen molar-refractivity contribution in [2.75, 3.05) is 13.2 Å². The average Bonchev–Trinajstić information content (AvgIpc) is 2.35. The molecule has 1 aromatic heterocycles. The number of carbonyl (C=O) groups excluding carboxylic acids is 1. The SMILES string of the molecule is CCCNC(C)(C)COC(=O)c1ccncc1. The van der Waals surface area contributed by atoms with E-state index in [1.807, 2.05) is 13.8 Å². The highest BCUT2D eigenvalue weighted by Gasteiger charge is 2.19. The Hall–Kier alpha value is -1.42. The minimum absolute atomic E-state index is 0.196. The Kier molecular flexibility index (Phi) is 5.10. The fraction of sp³-hybridized carbons (Fsp3) is 0.538. The summed E-state index contributed by atoms with van der Waals surface area (Å²) in [4.78, 5) is 15.5. The maximum absolute atomic E-state index is 11.7. The quantitative estimate of drug-likeness (QED) is 0.768. The van der Waals surface area contributed by atoms with Gasteiger partial charge in [0.05, 0.1) is 5.56 Å².